The summed E-state index contributed by atoms with van der Waals surface area (Å²) in [4.78, 5) is 6.39. The van der Waals surface area contributed by atoms with Gasteiger partial charge >= 0.3 is 0 Å². The zero-order chi connectivity index (χ0) is 7.40. The van der Waals surface area contributed by atoms with Crippen LogP contribution in [-0.4, -0.2) is 0 Å². The highest BCUT2D eigenvalue weighted by atomic mass is 14.7. The molecule has 0 bridgehead atoms. The van der Waals surface area contributed by atoms with E-state index in [1.807, 2.05) is 0 Å². The lowest BCUT2D eigenvalue weighted by Gasteiger charge is -1.86. The van der Waals surface area contributed by atoms with Crippen LogP contribution in [0.2, 0.25) is 0 Å². The average molecular weight is 128 g/mol. The van der Waals surface area contributed by atoms with E-state index >= 15 is 0 Å². The van der Waals surface area contributed by atoms with Crippen molar-refractivity contribution in [3.05, 3.63) is 47.1 Å². The molecule has 1 aromatic rings. The summed E-state index contributed by atoms with van der Waals surface area (Å²) >= 11 is 0. The molecule has 0 atom stereocenters. The fourth-order valence-corrected chi connectivity index (χ4v) is 0.602. The van der Waals surface area contributed by atoms with Gasteiger partial charge in [-0.3, -0.25) is 0 Å². The Kier molecular flexibility index (Phi) is 1.68. The first-order chi connectivity index (χ1) is 4.86. The van der Waals surface area contributed by atoms with E-state index in [9.17, 15) is 0 Å². The van der Waals surface area contributed by atoms with Gasteiger partial charge in [0.05, 0.1) is 13.1 Å². The minimum absolute atomic E-state index is 0.576. The van der Waals surface area contributed by atoms with Gasteiger partial charge in [0.2, 0.25) is 0 Å². The first-order valence-corrected chi connectivity index (χ1v) is 2.72. The van der Waals surface area contributed by atoms with Gasteiger partial charge in [-0.25, -0.2) is 9.69 Å². The molecule has 0 amide bonds. The van der Waals surface area contributed by atoms with Gasteiger partial charge in [-0.15, -0.1) is 0 Å². The van der Waals surface area contributed by atoms with E-state index in [1.54, 1.807) is 24.3 Å². The molecule has 2 heteroatoms. The molecule has 10 heavy (non-hydrogen) atoms. The van der Waals surface area contributed by atoms with Crippen molar-refractivity contribution in [1.82, 2.24) is 0 Å². The molecular formula is C8H4N2. The van der Waals surface area contributed by atoms with Crippen molar-refractivity contribution in [2.45, 2.75) is 0 Å². The summed E-state index contributed by atoms with van der Waals surface area (Å²) in [6.07, 6.45) is 0. The molecule has 0 saturated carbocycles. The maximum Gasteiger partial charge on any atom is 0.184 e. The van der Waals surface area contributed by atoms with Gasteiger partial charge in [0.25, 0.3) is 0 Å². The summed E-state index contributed by atoms with van der Waals surface area (Å²) in [7, 11) is 0. The predicted octanol–water partition coefficient (Wildman–Crippen LogP) is 2.79. The van der Waals surface area contributed by atoms with Crippen LogP contribution in [0.5, 0.6) is 0 Å². The molecule has 0 N–H and O–H groups in total. The monoisotopic (exact) mass is 128 g/mol. The molecule has 0 aliphatic carbocycles. The molecule has 0 fully saturated rings. The highest BCUT2D eigenvalue weighted by Crippen LogP contribution is 2.17. The fourth-order valence-electron chi connectivity index (χ4n) is 0.602. The standard InChI is InChI=1S/C8H4N2/c1-9-7-3-5-8(10-2)6-4-7/h3-6H. The maximum atomic E-state index is 6.62. The second kappa shape index (κ2) is 2.66. The largest absolute Gasteiger partial charge is 0.238 e. The van der Waals surface area contributed by atoms with Crippen molar-refractivity contribution >= 4 is 11.4 Å². The summed E-state index contributed by atoms with van der Waals surface area (Å²) in [6, 6.07) is 6.56. The highest BCUT2D eigenvalue weighted by molar-refractivity contribution is 5.54. The summed E-state index contributed by atoms with van der Waals surface area (Å²) < 4.78 is 0. The molecule has 0 aliphatic heterocycles. The Morgan fingerprint density at radius 1 is 0.800 bits per heavy atom. The Balaban J connectivity index is 3.08. The van der Waals surface area contributed by atoms with Gasteiger partial charge in [0, 0.05) is 0 Å². The molecule has 1 rings (SSSR count). The normalized spacial score (nSPS) is 7.80. The van der Waals surface area contributed by atoms with Crippen molar-refractivity contribution < 1.29 is 0 Å². The first-order valence-electron chi connectivity index (χ1n) is 2.72. The third kappa shape index (κ3) is 1.13. The molecule has 0 aliphatic rings. The molecule has 0 unspecified atom stereocenters. The van der Waals surface area contributed by atoms with Crippen LogP contribution in [0, 0.1) is 13.1 Å². The number of benzene rings is 1. The van der Waals surface area contributed by atoms with Crippen LogP contribution in [-0.2, 0) is 0 Å². The van der Waals surface area contributed by atoms with Crippen LogP contribution >= 0.6 is 0 Å². The lowest BCUT2D eigenvalue weighted by atomic mass is 10.3. The van der Waals surface area contributed by atoms with E-state index < -0.39 is 0 Å². The Bertz CT molecular complexity index is 265. The van der Waals surface area contributed by atoms with Crippen molar-refractivity contribution in [2.75, 3.05) is 0 Å². The smallest absolute Gasteiger partial charge is 0.184 e. The predicted molar refractivity (Wildman–Crippen MR) is 39.0 cm³/mol. The topological polar surface area (TPSA) is 8.72 Å². The van der Waals surface area contributed by atoms with E-state index in [0.717, 1.165) is 0 Å². The van der Waals surface area contributed by atoms with Crippen molar-refractivity contribution in [2.24, 2.45) is 0 Å². The molecule has 0 heterocycles. The number of hydrogen-bond donors (Lipinski definition) is 0. The summed E-state index contributed by atoms with van der Waals surface area (Å²) in [5.41, 5.74) is 1.15. The number of nitrogens with zero attached hydrogens (tertiary/aromatic N) is 2. The third-order valence-electron chi connectivity index (χ3n) is 1.11. The van der Waals surface area contributed by atoms with E-state index in [2.05, 4.69) is 9.69 Å². The van der Waals surface area contributed by atoms with Crippen molar-refractivity contribution in [1.29, 1.82) is 0 Å². The molecule has 0 radical (unpaired) electrons. The van der Waals surface area contributed by atoms with Crippen molar-refractivity contribution in [3.8, 4) is 0 Å². The number of hydrogen-bond acceptors (Lipinski definition) is 0. The van der Waals surface area contributed by atoms with Gasteiger partial charge in [0.1, 0.15) is 0 Å². The summed E-state index contributed by atoms with van der Waals surface area (Å²) in [6.45, 7) is 13.2. The lowest BCUT2D eigenvalue weighted by Crippen LogP contribution is -1.58. The van der Waals surface area contributed by atoms with Gasteiger partial charge in [-0.05, 0) is 0 Å². The van der Waals surface area contributed by atoms with Crippen LogP contribution in [0.1, 0.15) is 0 Å². The van der Waals surface area contributed by atoms with Gasteiger partial charge < -0.3 is 0 Å². The van der Waals surface area contributed by atoms with Gasteiger partial charge in [0.15, 0.2) is 11.4 Å². The van der Waals surface area contributed by atoms with Crippen molar-refractivity contribution in [3.63, 3.8) is 0 Å². The molecule has 2 nitrogen and oxygen atoms in total. The molecular weight excluding hydrogens is 124 g/mol. The van der Waals surface area contributed by atoms with E-state index in [1.165, 1.54) is 0 Å². The van der Waals surface area contributed by atoms with Crippen LogP contribution in [0.25, 0.3) is 9.69 Å². The van der Waals surface area contributed by atoms with Crippen LogP contribution in [0.4, 0.5) is 11.4 Å². The minimum Gasteiger partial charge on any atom is -0.238 e. The molecule has 0 spiro atoms. The molecule has 0 saturated heterocycles. The SMILES string of the molecule is [C-]#[N+]c1ccc([N+]#[C-])cc1. The number of rotatable bonds is 0. The van der Waals surface area contributed by atoms with E-state index in [0.29, 0.717) is 11.4 Å². The molecule has 1 aromatic carbocycles. The maximum absolute atomic E-state index is 6.62. The Labute approximate surface area is 59.4 Å². The Morgan fingerprint density at radius 2 is 1.10 bits per heavy atom. The Hall–Kier alpha value is -1.80. The third-order valence-corrected chi connectivity index (χ3v) is 1.11. The zero-order valence-electron chi connectivity index (χ0n) is 5.20. The van der Waals surface area contributed by atoms with Crippen LogP contribution < -0.4 is 0 Å². The molecule has 46 valence electrons. The summed E-state index contributed by atoms with van der Waals surface area (Å²) in [5, 5.41) is 0. The zero-order valence-corrected chi connectivity index (χ0v) is 5.20. The van der Waals surface area contributed by atoms with E-state index in [4.69, 9.17) is 13.1 Å². The van der Waals surface area contributed by atoms with Gasteiger partial charge in [-0.2, -0.15) is 0 Å². The van der Waals surface area contributed by atoms with Crippen LogP contribution in [0.15, 0.2) is 24.3 Å². The average Bonchev–Trinajstić information content (AvgIpc) is 2.05. The van der Waals surface area contributed by atoms with Crippen LogP contribution in [0.3, 0.4) is 0 Å². The lowest BCUT2D eigenvalue weighted by molar-refractivity contribution is 1.72. The quantitative estimate of drug-likeness (QED) is 0.475. The van der Waals surface area contributed by atoms with Gasteiger partial charge in [-0.1, -0.05) is 24.3 Å². The second-order valence-electron chi connectivity index (χ2n) is 1.74. The summed E-state index contributed by atoms with van der Waals surface area (Å²) in [5.74, 6) is 0. The molecule has 0 aromatic heterocycles. The van der Waals surface area contributed by atoms with E-state index in [-0.39, 0.29) is 0 Å². The second-order valence-corrected chi connectivity index (χ2v) is 1.74. The fraction of sp³-hybridized carbons (Fsp3) is 0. The minimum atomic E-state index is 0.576. The Morgan fingerprint density at radius 3 is 1.30 bits per heavy atom. The first kappa shape index (κ1) is 6.32. The highest BCUT2D eigenvalue weighted by Gasteiger charge is 1.89.